The number of carbonyl (C=O) groups excluding carboxylic acids is 3. The lowest BCUT2D eigenvalue weighted by molar-refractivity contribution is -0.143. The van der Waals surface area contributed by atoms with E-state index < -0.39 is 17.9 Å². The van der Waals surface area contributed by atoms with Crippen LogP contribution in [0.4, 0.5) is 0 Å². The van der Waals surface area contributed by atoms with Gasteiger partial charge in [0.1, 0.15) is 11.5 Å². The van der Waals surface area contributed by atoms with Gasteiger partial charge in [-0.25, -0.2) is 4.79 Å². The number of ketones is 1. The van der Waals surface area contributed by atoms with Crippen LogP contribution in [0.2, 0.25) is 0 Å². The van der Waals surface area contributed by atoms with E-state index in [2.05, 4.69) is 5.32 Å². The predicted molar refractivity (Wildman–Crippen MR) is 135 cm³/mol. The number of Topliss-reactive ketones (excluding diaryl/α,β-unsaturated/α-hetero) is 1. The molecular weight excluding hydrogens is 458 g/mol. The molecule has 4 rings (SSSR count). The molecule has 2 atom stereocenters. The van der Waals surface area contributed by atoms with Crippen LogP contribution in [0, 0.1) is 0 Å². The molecule has 1 aliphatic heterocycles. The average molecular weight is 490 g/mol. The molecule has 7 heteroatoms. The van der Waals surface area contributed by atoms with Crippen LogP contribution in [0.5, 0.6) is 11.5 Å². The van der Waals surface area contributed by atoms with Crippen LogP contribution in [0.3, 0.4) is 0 Å². The van der Waals surface area contributed by atoms with Gasteiger partial charge in [0.05, 0.1) is 18.8 Å². The number of hydrogen-bond acceptors (Lipinski definition) is 7. The Labute approximate surface area is 211 Å². The van der Waals surface area contributed by atoms with Gasteiger partial charge in [-0.15, -0.1) is 0 Å². The summed E-state index contributed by atoms with van der Waals surface area (Å²) in [6.45, 7) is 6.75. The Morgan fingerprint density at radius 2 is 1.72 bits per heavy atom. The molecule has 188 valence electrons. The normalized spacial score (nSPS) is 19.6. The third-order valence-corrected chi connectivity index (χ3v) is 6.44. The molecule has 0 saturated carbocycles. The van der Waals surface area contributed by atoms with Crippen LogP contribution >= 0.6 is 0 Å². The molecular formula is C29H31NO6. The van der Waals surface area contributed by atoms with Crippen LogP contribution in [-0.2, 0) is 19.1 Å². The van der Waals surface area contributed by atoms with E-state index in [1.54, 1.807) is 45.2 Å². The van der Waals surface area contributed by atoms with E-state index in [4.69, 9.17) is 14.2 Å². The van der Waals surface area contributed by atoms with Crippen molar-refractivity contribution in [2.75, 3.05) is 7.11 Å². The summed E-state index contributed by atoms with van der Waals surface area (Å²) < 4.78 is 16.3. The van der Waals surface area contributed by atoms with Gasteiger partial charge in [0, 0.05) is 42.1 Å². The molecule has 0 spiro atoms. The van der Waals surface area contributed by atoms with Crippen molar-refractivity contribution in [2.45, 2.75) is 58.5 Å². The topological polar surface area (TPSA) is 90.9 Å². The van der Waals surface area contributed by atoms with Gasteiger partial charge >= 0.3 is 11.9 Å². The number of esters is 2. The van der Waals surface area contributed by atoms with Crippen molar-refractivity contribution >= 4 is 17.7 Å². The Kier molecular flexibility index (Phi) is 7.29. The number of ether oxygens (including phenoxy) is 3. The first kappa shape index (κ1) is 25.2. The molecule has 0 amide bonds. The zero-order chi connectivity index (χ0) is 26.0. The number of rotatable bonds is 6. The summed E-state index contributed by atoms with van der Waals surface area (Å²) in [5, 5.41) is 3.35. The standard InChI is InChI=1S/C29H31NO6/c1-16(2)35-29(33)26-17(3)30-23-14-20(22-8-6-7-9-25(22)34-5)15-24(32)28(23)27(26)19-10-12-21(13-11-19)36-18(4)31/h6-13,16,20,27,30H,14-15H2,1-5H3/t20-,27+/m0/s1. The molecule has 7 nitrogen and oxygen atoms in total. The highest BCUT2D eigenvalue weighted by molar-refractivity contribution is 6.04. The van der Waals surface area contributed by atoms with Crippen molar-refractivity contribution in [1.29, 1.82) is 0 Å². The predicted octanol–water partition coefficient (Wildman–Crippen LogP) is 4.93. The molecule has 2 aromatic carbocycles. The van der Waals surface area contributed by atoms with E-state index in [9.17, 15) is 14.4 Å². The quantitative estimate of drug-likeness (QED) is 0.454. The number of hydrogen-bond donors (Lipinski definition) is 1. The summed E-state index contributed by atoms with van der Waals surface area (Å²) in [7, 11) is 1.63. The van der Waals surface area contributed by atoms with Crippen molar-refractivity contribution < 1.29 is 28.6 Å². The highest BCUT2D eigenvalue weighted by Gasteiger charge is 2.42. The first-order valence-electron chi connectivity index (χ1n) is 12.1. The van der Waals surface area contributed by atoms with Crippen molar-refractivity contribution in [3.63, 3.8) is 0 Å². The van der Waals surface area contributed by atoms with E-state index >= 15 is 0 Å². The van der Waals surface area contributed by atoms with Crippen LogP contribution in [0.15, 0.2) is 71.1 Å². The molecule has 0 bridgehead atoms. The van der Waals surface area contributed by atoms with E-state index in [-0.39, 0.29) is 17.8 Å². The summed E-state index contributed by atoms with van der Waals surface area (Å²) >= 11 is 0. The molecule has 0 saturated heterocycles. The third-order valence-electron chi connectivity index (χ3n) is 6.44. The number of methoxy groups -OCH3 is 1. The fourth-order valence-corrected chi connectivity index (χ4v) is 5.04. The Morgan fingerprint density at radius 1 is 1.03 bits per heavy atom. The van der Waals surface area contributed by atoms with Gasteiger partial charge in [-0.1, -0.05) is 30.3 Å². The minimum Gasteiger partial charge on any atom is -0.496 e. The van der Waals surface area contributed by atoms with E-state index in [0.29, 0.717) is 35.4 Å². The molecule has 1 N–H and O–H groups in total. The molecule has 1 heterocycles. The lowest BCUT2D eigenvalue weighted by atomic mass is 9.71. The van der Waals surface area contributed by atoms with Gasteiger partial charge in [0.2, 0.25) is 0 Å². The number of allylic oxidation sites excluding steroid dienone is 3. The van der Waals surface area contributed by atoms with Crippen LogP contribution < -0.4 is 14.8 Å². The molecule has 0 unspecified atom stereocenters. The average Bonchev–Trinajstić information content (AvgIpc) is 2.82. The Balaban J connectivity index is 1.78. The van der Waals surface area contributed by atoms with Crippen LogP contribution in [-0.4, -0.2) is 30.9 Å². The van der Waals surface area contributed by atoms with Gasteiger partial charge < -0.3 is 19.5 Å². The molecule has 1 aliphatic carbocycles. The molecule has 0 radical (unpaired) electrons. The second-order valence-corrected chi connectivity index (χ2v) is 9.38. The highest BCUT2D eigenvalue weighted by Crippen LogP contribution is 2.47. The Morgan fingerprint density at radius 3 is 2.36 bits per heavy atom. The smallest absolute Gasteiger partial charge is 0.337 e. The zero-order valence-corrected chi connectivity index (χ0v) is 21.2. The molecule has 36 heavy (non-hydrogen) atoms. The van der Waals surface area contributed by atoms with Crippen molar-refractivity contribution in [3.8, 4) is 11.5 Å². The van der Waals surface area contributed by atoms with Crippen molar-refractivity contribution in [2.24, 2.45) is 0 Å². The van der Waals surface area contributed by atoms with Crippen molar-refractivity contribution in [3.05, 3.63) is 82.2 Å². The monoisotopic (exact) mass is 489 g/mol. The third kappa shape index (κ3) is 5.05. The van der Waals surface area contributed by atoms with Crippen LogP contribution in [0.1, 0.15) is 63.5 Å². The number of nitrogens with one attached hydrogen (secondary N) is 1. The number of benzene rings is 2. The van der Waals surface area contributed by atoms with Gasteiger partial charge in [0.25, 0.3) is 0 Å². The summed E-state index contributed by atoms with van der Waals surface area (Å²) in [6, 6.07) is 14.7. The fourth-order valence-electron chi connectivity index (χ4n) is 5.04. The van der Waals surface area contributed by atoms with E-state index in [1.807, 2.05) is 31.2 Å². The molecule has 0 fully saturated rings. The summed E-state index contributed by atoms with van der Waals surface area (Å²) in [6.07, 6.45) is 0.596. The minimum absolute atomic E-state index is 0.0314. The first-order chi connectivity index (χ1) is 17.2. The number of para-hydroxylation sites is 1. The summed E-state index contributed by atoms with van der Waals surface area (Å²) in [4.78, 5) is 38.3. The minimum atomic E-state index is -0.593. The molecule has 2 aliphatic rings. The Bertz CT molecular complexity index is 1250. The zero-order valence-electron chi connectivity index (χ0n) is 21.2. The first-order valence-corrected chi connectivity index (χ1v) is 12.1. The second kappa shape index (κ2) is 10.4. The van der Waals surface area contributed by atoms with E-state index in [1.165, 1.54) is 6.92 Å². The molecule has 2 aromatic rings. The largest absolute Gasteiger partial charge is 0.496 e. The second-order valence-electron chi connectivity index (χ2n) is 9.38. The maximum Gasteiger partial charge on any atom is 0.337 e. The molecule has 0 aromatic heterocycles. The number of carbonyl (C=O) groups is 3. The highest BCUT2D eigenvalue weighted by atomic mass is 16.5. The van der Waals surface area contributed by atoms with Gasteiger partial charge in [-0.05, 0) is 56.5 Å². The van der Waals surface area contributed by atoms with Gasteiger partial charge in [-0.2, -0.15) is 0 Å². The van der Waals surface area contributed by atoms with E-state index in [0.717, 1.165) is 22.6 Å². The lowest BCUT2D eigenvalue weighted by Gasteiger charge is -2.37. The SMILES string of the molecule is COc1ccccc1[C@@H]1CC(=O)C2=C(C1)NC(C)=C(C(=O)OC(C)C)[C@H]2c1ccc(OC(C)=O)cc1. The summed E-state index contributed by atoms with van der Waals surface area (Å²) in [5.41, 5.74) is 4.17. The summed E-state index contributed by atoms with van der Waals surface area (Å²) in [5.74, 6) is -0.412. The maximum atomic E-state index is 13.7. The van der Waals surface area contributed by atoms with Gasteiger partial charge in [0.15, 0.2) is 5.78 Å². The van der Waals surface area contributed by atoms with Crippen LogP contribution in [0.25, 0.3) is 0 Å². The van der Waals surface area contributed by atoms with Gasteiger partial charge in [-0.3, -0.25) is 9.59 Å². The number of dihydropyridines is 1. The Hall–Kier alpha value is -3.87. The van der Waals surface area contributed by atoms with Crippen molar-refractivity contribution in [1.82, 2.24) is 5.32 Å². The maximum absolute atomic E-state index is 13.7. The lowest BCUT2D eigenvalue weighted by Crippen LogP contribution is -2.36. The fraction of sp³-hybridized carbons (Fsp3) is 0.345.